The molecule has 0 radical (unpaired) electrons. The Morgan fingerprint density at radius 3 is 2.58 bits per heavy atom. The molecule has 5 atom stereocenters. The Labute approximate surface area is 189 Å². The molecule has 0 aromatic heterocycles. The maximum Gasteiger partial charge on any atom is 0.0677 e. The van der Waals surface area contributed by atoms with E-state index >= 15 is 0 Å². The average Bonchev–Trinajstić information content (AvgIpc) is 3.02. The average molecular weight is 433 g/mol. The molecule has 0 amide bonds. The predicted octanol–water partition coefficient (Wildman–Crippen LogP) is 5.09. The smallest absolute Gasteiger partial charge is 0.0677 e. The molecule has 0 aromatic rings. The van der Waals surface area contributed by atoms with E-state index in [1.54, 1.807) is 0 Å². The summed E-state index contributed by atoms with van der Waals surface area (Å²) in [7, 11) is 0. The van der Waals surface area contributed by atoms with Crippen LogP contribution in [0.2, 0.25) is 0 Å². The highest BCUT2D eigenvalue weighted by Gasteiger charge is 2.49. The third-order valence-electron chi connectivity index (χ3n) is 7.89. The number of rotatable bonds is 8. The number of allylic oxidation sites excluding steroid dienone is 3. The van der Waals surface area contributed by atoms with Crippen molar-refractivity contribution in [3.05, 3.63) is 35.5 Å². The van der Waals surface area contributed by atoms with Gasteiger partial charge in [0.05, 0.1) is 24.4 Å². The van der Waals surface area contributed by atoms with Gasteiger partial charge in [0.15, 0.2) is 0 Å². The fraction of sp³-hybridized carbons (Fsp3) is 0.778. The van der Waals surface area contributed by atoms with Crippen molar-refractivity contribution in [3.8, 4) is 0 Å². The Bertz CT molecular complexity index is 674. The summed E-state index contributed by atoms with van der Waals surface area (Å²) in [5.41, 5.74) is 3.57. The fourth-order valence-electron chi connectivity index (χ4n) is 6.35. The van der Waals surface area contributed by atoms with Crippen LogP contribution in [0.1, 0.15) is 85.0 Å². The van der Waals surface area contributed by atoms with Gasteiger partial charge < -0.3 is 20.1 Å². The molecule has 0 aromatic carbocycles. The minimum absolute atomic E-state index is 0.252. The molecule has 4 heteroatoms. The van der Waals surface area contributed by atoms with Crippen LogP contribution in [0.15, 0.2) is 35.5 Å². The molecule has 0 unspecified atom stereocenters. The van der Waals surface area contributed by atoms with Crippen LogP contribution in [-0.4, -0.2) is 46.3 Å². The number of aliphatic hydroxyl groups excluding tert-OH is 2. The molecule has 0 aliphatic heterocycles. The molecule has 4 nitrogen and oxygen atoms in total. The van der Waals surface area contributed by atoms with Crippen LogP contribution < -0.4 is 0 Å². The first-order valence-corrected chi connectivity index (χ1v) is 12.3. The van der Waals surface area contributed by atoms with Gasteiger partial charge in [0.2, 0.25) is 0 Å². The van der Waals surface area contributed by atoms with E-state index in [9.17, 15) is 15.3 Å². The van der Waals surface area contributed by atoms with Crippen LogP contribution in [0, 0.1) is 17.3 Å². The molecular weight excluding hydrogens is 388 g/mol. The Kier molecular flexibility index (Phi) is 8.23. The van der Waals surface area contributed by atoms with E-state index in [4.69, 9.17) is 4.74 Å². The Morgan fingerprint density at radius 2 is 1.90 bits per heavy atom. The molecule has 3 saturated carbocycles. The molecule has 31 heavy (non-hydrogen) atoms. The molecule has 0 heterocycles. The number of aliphatic hydroxyl groups is 3. The van der Waals surface area contributed by atoms with Crippen molar-refractivity contribution in [2.45, 2.75) is 103 Å². The molecule has 3 N–H and O–H groups in total. The number of ether oxygens (including phenoxy) is 1. The van der Waals surface area contributed by atoms with Gasteiger partial charge >= 0.3 is 0 Å². The Hall–Kier alpha value is -0.940. The second-order valence-electron chi connectivity index (χ2n) is 11.2. The summed E-state index contributed by atoms with van der Waals surface area (Å²) in [6, 6.07) is 0. The van der Waals surface area contributed by atoms with Gasteiger partial charge in [0.1, 0.15) is 0 Å². The van der Waals surface area contributed by atoms with Gasteiger partial charge in [0.25, 0.3) is 0 Å². The van der Waals surface area contributed by atoms with Gasteiger partial charge in [-0.1, -0.05) is 36.8 Å². The lowest BCUT2D eigenvalue weighted by molar-refractivity contribution is 0.0529. The van der Waals surface area contributed by atoms with Crippen LogP contribution in [-0.2, 0) is 4.74 Å². The molecular formula is C27H44O4. The van der Waals surface area contributed by atoms with Gasteiger partial charge in [-0.25, -0.2) is 0 Å². The summed E-state index contributed by atoms with van der Waals surface area (Å²) >= 11 is 0. The van der Waals surface area contributed by atoms with Crippen molar-refractivity contribution in [2.24, 2.45) is 17.3 Å². The molecule has 3 fully saturated rings. The molecule has 0 saturated heterocycles. The highest BCUT2D eigenvalue weighted by molar-refractivity contribution is 5.28. The second kappa shape index (κ2) is 10.3. The summed E-state index contributed by atoms with van der Waals surface area (Å²) in [5, 5.41) is 29.8. The summed E-state index contributed by atoms with van der Waals surface area (Å²) in [6.45, 7) is 11.8. The molecule has 3 aliphatic rings. The maximum atomic E-state index is 9.96. The zero-order valence-corrected chi connectivity index (χ0v) is 19.9. The lowest BCUT2D eigenvalue weighted by atomic mass is 9.62. The van der Waals surface area contributed by atoms with Crippen molar-refractivity contribution in [3.63, 3.8) is 0 Å². The zero-order valence-electron chi connectivity index (χ0n) is 19.9. The van der Waals surface area contributed by atoms with E-state index < -0.39 is 17.8 Å². The van der Waals surface area contributed by atoms with Gasteiger partial charge in [-0.15, -0.1) is 0 Å². The highest BCUT2D eigenvalue weighted by Crippen LogP contribution is 2.59. The monoisotopic (exact) mass is 432 g/mol. The van der Waals surface area contributed by atoms with E-state index in [0.29, 0.717) is 44.3 Å². The summed E-state index contributed by atoms with van der Waals surface area (Å²) in [6.07, 6.45) is 13.2. The van der Waals surface area contributed by atoms with Crippen LogP contribution >= 0.6 is 0 Å². The van der Waals surface area contributed by atoms with Crippen molar-refractivity contribution in [2.75, 3.05) is 13.2 Å². The lowest BCUT2D eigenvalue weighted by Gasteiger charge is -2.43. The molecule has 3 aliphatic carbocycles. The lowest BCUT2D eigenvalue weighted by Crippen LogP contribution is -2.34. The van der Waals surface area contributed by atoms with E-state index in [0.717, 1.165) is 19.3 Å². The zero-order chi connectivity index (χ0) is 22.6. The second-order valence-corrected chi connectivity index (χ2v) is 11.2. The standard InChI is InChI=1S/C27H44O4/c1-19(18-31-14-6-12-26(2,3)30)24-10-11-25-21(7-5-13-27(24,25)4)9-8-20-15-22(28)17-23(29)16-20/h8-9,22-25,28-30H,1,5-7,10-18H2,2-4H3/t22-,23-,24-,25+,27-/m1/s1. The van der Waals surface area contributed by atoms with Crippen molar-refractivity contribution >= 4 is 0 Å². The highest BCUT2D eigenvalue weighted by atomic mass is 16.5. The maximum absolute atomic E-state index is 9.96. The van der Waals surface area contributed by atoms with Gasteiger partial charge in [-0.3, -0.25) is 0 Å². The number of hydrogen-bond acceptors (Lipinski definition) is 4. The predicted molar refractivity (Wildman–Crippen MR) is 126 cm³/mol. The SMILES string of the molecule is C=C(COCCCC(C)(C)O)[C@H]1CC[C@H]2C(=CC=C3C[C@@H](O)C[C@H](O)C3)CCC[C@]12C. The quantitative estimate of drug-likeness (QED) is 0.369. The first kappa shape index (κ1) is 24.7. The summed E-state index contributed by atoms with van der Waals surface area (Å²) < 4.78 is 5.92. The number of fused-ring (bicyclic) bond motifs is 1. The number of hydrogen-bond donors (Lipinski definition) is 3. The van der Waals surface area contributed by atoms with E-state index in [-0.39, 0.29) is 5.41 Å². The van der Waals surface area contributed by atoms with Crippen molar-refractivity contribution in [1.82, 2.24) is 0 Å². The van der Waals surface area contributed by atoms with Crippen LogP contribution in [0.4, 0.5) is 0 Å². The Morgan fingerprint density at radius 1 is 1.19 bits per heavy atom. The van der Waals surface area contributed by atoms with Crippen LogP contribution in [0.5, 0.6) is 0 Å². The molecule has 3 rings (SSSR count). The van der Waals surface area contributed by atoms with Crippen molar-refractivity contribution < 1.29 is 20.1 Å². The topological polar surface area (TPSA) is 69.9 Å². The van der Waals surface area contributed by atoms with Gasteiger partial charge in [-0.05, 0) is 101 Å². The summed E-state index contributed by atoms with van der Waals surface area (Å²) in [4.78, 5) is 0. The van der Waals surface area contributed by atoms with Crippen molar-refractivity contribution in [1.29, 1.82) is 0 Å². The van der Waals surface area contributed by atoms with E-state index in [2.05, 4.69) is 25.7 Å². The fourth-order valence-corrected chi connectivity index (χ4v) is 6.35. The third kappa shape index (κ3) is 6.54. The normalized spacial score (nSPS) is 35.3. The third-order valence-corrected chi connectivity index (χ3v) is 7.89. The first-order valence-electron chi connectivity index (χ1n) is 12.3. The first-order chi connectivity index (χ1) is 14.6. The van der Waals surface area contributed by atoms with Gasteiger partial charge in [0, 0.05) is 6.61 Å². The Balaban J connectivity index is 1.58. The molecule has 0 bridgehead atoms. The summed E-state index contributed by atoms with van der Waals surface area (Å²) in [5.74, 6) is 1.09. The largest absolute Gasteiger partial charge is 0.393 e. The van der Waals surface area contributed by atoms with E-state index in [1.165, 1.54) is 42.4 Å². The van der Waals surface area contributed by atoms with E-state index in [1.807, 2.05) is 13.8 Å². The minimum atomic E-state index is -0.625. The van der Waals surface area contributed by atoms with Gasteiger partial charge in [-0.2, -0.15) is 0 Å². The molecule has 0 spiro atoms. The van der Waals surface area contributed by atoms with Crippen LogP contribution in [0.25, 0.3) is 0 Å². The van der Waals surface area contributed by atoms with Crippen LogP contribution in [0.3, 0.4) is 0 Å². The molecule has 176 valence electrons. The minimum Gasteiger partial charge on any atom is -0.393 e.